The molecular weight excluding hydrogens is 274 g/mol. The van der Waals surface area contributed by atoms with Gasteiger partial charge in [0.1, 0.15) is 23.0 Å². The van der Waals surface area contributed by atoms with Crippen molar-refractivity contribution >= 4 is 33.3 Å². The Morgan fingerprint density at radius 1 is 1.55 bits per heavy atom. The third kappa shape index (κ3) is 2.24. The number of hydrogen-bond donors (Lipinski definition) is 1. The van der Waals surface area contributed by atoms with Crippen molar-refractivity contribution in [3.8, 4) is 0 Å². The predicted octanol–water partition coefficient (Wildman–Crippen LogP) is 2.77. The monoisotopic (exact) mass is 291 g/mol. The molecule has 0 radical (unpaired) electrons. The lowest BCUT2D eigenvalue weighted by atomic mass is 9.89. The number of aromatic nitrogens is 2. The summed E-state index contributed by atoms with van der Waals surface area (Å²) in [6, 6.07) is 1.49. The van der Waals surface area contributed by atoms with Gasteiger partial charge in [-0.3, -0.25) is 0 Å². The van der Waals surface area contributed by atoms with Crippen molar-refractivity contribution in [3.63, 3.8) is 0 Å². The number of fused-ring (bicyclic) bond motifs is 1. The summed E-state index contributed by atoms with van der Waals surface area (Å²) in [7, 11) is 0. The van der Waals surface area contributed by atoms with Gasteiger partial charge in [-0.25, -0.2) is 14.8 Å². The van der Waals surface area contributed by atoms with E-state index in [2.05, 4.69) is 16.9 Å². The van der Waals surface area contributed by atoms with Gasteiger partial charge < -0.3 is 10.0 Å². The van der Waals surface area contributed by atoms with Gasteiger partial charge in [0.15, 0.2) is 0 Å². The first kappa shape index (κ1) is 13.3. The Bertz CT molecular complexity index is 628. The lowest BCUT2D eigenvalue weighted by molar-refractivity contribution is -0.139. The van der Waals surface area contributed by atoms with Gasteiger partial charge in [-0.1, -0.05) is 13.3 Å². The summed E-state index contributed by atoms with van der Waals surface area (Å²) in [6.45, 7) is 2.87. The lowest BCUT2D eigenvalue weighted by Gasteiger charge is -2.37. The summed E-state index contributed by atoms with van der Waals surface area (Å²) in [5, 5.41) is 12.5. The molecule has 0 bridgehead atoms. The normalized spacial score (nSPS) is 23.1. The van der Waals surface area contributed by atoms with Crippen LogP contribution < -0.4 is 4.90 Å². The molecular formula is C14H17N3O2S. The van der Waals surface area contributed by atoms with Crippen molar-refractivity contribution in [1.29, 1.82) is 0 Å². The summed E-state index contributed by atoms with van der Waals surface area (Å²) in [6.07, 6.45) is 4.28. The van der Waals surface area contributed by atoms with Gasteiger partial charge in [-0.2, -0.15) is 0 Å². The molecule has 0 saturated carbocycles. The minimum Gasteiger partial charge on any atom is -0.480 e. The van der Waals surface area contributed by atoms with E-state index in [1.807, 2.05) is 16.3 Å². The fraction of sp³-hybridized carbons (Fsp3) is 0.500. The van der Waals surface area contributed by atoms with Crippen molar-refractivity contribution in [1.82, 2.24) is 9.97 Å². The summed E-state index contributed by atoms with van der Waals surface area (Å²) < 4.78 is 0. The predicted molar refractivity (Wildman–Crippen MR) is 79.2 cm³/mol. The maximum absolute atomic E-state index is 11.6. The summed E-state index contributed by atoms with van der Waals surface area (Å²) in [5.74, 6) is 0.496. The van der Waals surface area contributed by atoms with Gasteiger partial charge in [0, 0.05) is 6.54 Å². The van der Waals surface area contributed by atoms with Crippen LogP contribution in [0.1, 0.15) is 26.2 Å². The van der Waals surface area contributed by atoms with E-state index in [1.165, 1.54) is 6.33 Å². The molecule has 0 aromatic carbocycles. The first-order chi connectivity index (χ1) is 9.70. The number of aliphatic carboxylic acids is 1. The Morgan fingerprint density at radius 3 is 3.15 bits per heavy atom. The molecule has 2 unspecified atom stereocenters. The highest BCUT2D eigenvalue weighted by Gasteiger charge is 2.34. The molecule has 2 aromatic rings. The molecule has 0 spiro atoms. The highest BCUT2D eigenvalue weighted by Crippen LogP contribution is 2.33. The molecule has 1 aliphatic rings. The zero-order valence-electron chi connectivity index (χ0n) is 11.3. The second-order valence-corrected chi connectivity index (χ2v) is 6.08. The number of carboxylic acids is 1. The van der Waals surface area contributed by atoms with Crippen LogP contribution in [0.3, 0.4) is 0 Å². The fourth-order valence-electron chi connectivity index (χ4n) is 2.90. The molecule has 0 amide bonds. The van der Waals surface area contributed by atoms with E-state index in [-0.39, 0.29) is 0 Å². The Balaban J connectivity index is 1.99. The highest BCUT2D eigenvalue weighted by atomic mass is 32.1. The van der Waals surface area contributed by atoms with Crippen molar-refractivity contribution in [2.24, 2.45) is 5.92 Å². The van der Waals surface area contributed by atoms with Crippen LogP contribution in [0.5, 0.6) is 0 Å². The number of nitrogens with zero attached hydrogens (tertiary/aromatic N) is 3. The van der Waals surface area contributed by atoms with E-state index in [0.29, 0.717) is 12.3 Å². The van der Waals surface area contributed by atoms with Crippen LogP contribution in [-0.2, 0) is 4.79 Å². The SMILES string of the molecule is CCC1CCN(c2ncnc3sccc23)C(C(=O)O)C1. The number of carbonyl (C=O) groups is 1. The average molecular weight is 291 g/mol. The van der Waals surface area contributed by atoms with E-state index < -0.39 is 12.0 Å². The second kappa shape index (κ2) is 5.36. The third-order valence-corrected chi connectivity index (χ3v) is 4.91. The molecule has 2 atom stereocenters. The van der Waals surface area contributed by atoms with Crippen molar-refractivity contribution in [2.45, 2.75) is 32.2 Å². The van der Waals surface area contributed by atoms with Crippen molar-refractivity contribution in [2.75, 3.05) is 11.4 Å². The number of carboxylic acid groups (broad SMARTS) is 1. The van der Waals surface area contributed by atoms with Gasteiger partial charge in [-0.05, 0) is 30.2 Å². The van der Waals surface area contributed by atoms with Crippen LogP contribution in [0.25, 0.3) is 10.2 Å². The number of anilines is 1. The summed E-state index contributed by atoms with van der Waals surface area (Å²) >= 11 is 1.55. The zero-order chi connectivity index (χ0) is 14.1. The largest absolute Gasteiger partial charge is 0.480 e. The molecule has 3 heterocycles. The Labute approximate surface area is 121 Å². The summed E-state index contributed by atoms with van der Waals surface area (Å²) in [5.41, 5.74) is 0. The van der Waals surface area contributed by atoms with Crippen LogP contribution in [-0.4, -0.2) is 33.6 Å². The maximum Gasteiger partial charge on any atom is 0.326 e. The molecule has 3 rings (SSSR count). The topological polar surface area (TPSA) is 66.3 Å². The fourth-order valence-corrected chi connectivity index (χ4v) is 3.63. The Hall–Kier alpha value is -1.69. The van der Waals surface area contributed by atoms with Gasteiger partial charge in [0.2, 0.25) is 0 Å². The molecule has 5 nitrogen and oxygen atoms in total. The van der Waals surface area contributed by atoms with E-state index in [1.54, 1.807) is 11.3 Å². The van der Waals surface area contributed by atoms with Crippen molar-refractivity contribution < 1.29 is 9.90 Å². The van der Waals surface area contributed by atoms with E-state index in [4.69, 9.17) is 0 Å². The first-order valence-corrected chi connectivity index (χ1v) is 7.76. The molecule has 1 saturated heterocycles. The smallest absolute Gasteiger partial charge is 0.326 e. The number of piperidine rings is 1. The number of rotatable bonds is 3. The van der Waals surface area contributed by atoms with E-state index in [0.717, 1.165) is 35.4 Å². The van der Waals surface area contributed by atoms with Crippen LogP contribution >= 0.6 is 11.3 Å². The van der Waals surface area contributed by atoms with Gasteiger partial charge in [0.05, 0.1) is 5.39 Å². The Kier molecular flexibility index (Phi) is 3.56. The van der Waals surface area contributed by atoms with Crippen LogP contribution in [0, 0.1) is 5.92 Å². The second-order valence-electron chi connectivity index (χ2n) is 5.18. The number of hydrogen-bond acceptors (Lipinski definition) is 5. The molecule has 1 aliphatic heterocycles. The minimum atomic E-state index is -0.759. The summed E-state index contributed by atoms with van der Waals surface area (Å²) in [4.78, 5) is 23.0. The van der Waals surface area contributed by atoms with Crippen LogP contribution in [0.4, 0.5) is 5.82 Å². The van der Waals surface area contributed by atoms with Crippen molar-refractivity contribution in [3.05, 3.63) is 17.8 Å². The van der Waals surface area contributed by atoms with Crippen LogP contribution in [0.15, 0.2) is 17.8 Å². The van der Waals surface area contributed by atoms with Crippen LogP contribution in [0.2, 0.25) is 0 Å². The molecule has 1 N–H and O–H groups in total. The van der Waals surface area contributed by atoms with Gasteiger partial charge >= 0.3 is 5.97 Å². The maximum atomic E-state index is 11.6. The molecule has 106 valence electrons. The standard InChI is InChI=1S/C14H17N3O2S/c1-2-9-3-5-17(11(7-9)14(18)19)12-10-4-6-20-13(10)16-8-15-12/h4,6,8-9,11H,2-3,5,7H2,1H3,(H,18,19). The third-order valence-electron chi connectivity index (χ3n) is 4.09. The average Bonchev–Trinajstić information content (AvgIpc) is 2.95. The lowest BCUT2D eigenvalue weighted by Crippen LogP contribution is -2.47. The molecule has 2 aromatic heterocycles. The van der Waals surface area contributed by atoms with Gasteiger partial charge in [0.25, 0.3) is 0 Å². The highest BCUT2D eigenvalue weighted by molar-refractivity contribution is 7.16. The molecule has 0 aliphatic carbocycles. The minimum absolute atomic E-state index is 0.480. The molecule has 6 heteroatoms. The number of thiophene rings is 1. The zero-order valence-corrected chi connectivity index (χ0v) is 12.1. The quantitative estimate of drug-likeness (QED) is 0.942. The van der Waals surface area contributed by atoms with E-state index in [9.17, 15) is 9.90 Å². The first-order valence-electron chi connectivity index (χ1n) is 6.88. The molecule has 1 fully saturated rings. The van der Waals surface area contributed by atoms with Gasteiger partial charge in [-0.15, -0.1) is 11.3 Å². The molecule has 20 heavy (non-hydrogen) atoms. The van der Waals surface area contributed by atoms with E-state index >= 15 is 0 Å². The Morgan fingerprint density at radius 2 is 2.40 bits per heavy atom.